The first-order chi connectivity index (χ1) is 8.20. The number of hydrogen-bond acceptors (Lipinski definition) is 4. The van der Waals surface area contributed by atoms with Crippen LogP contribution in [0.1, 0.15) is 18.4 Å². The highest BCUT2D eigenvalue weighted by Gasteiger charge is 2.21. The van der Waals surface area contributed by atoms with Crippen LogP contribution in [0.2, 0.25) is 0 Å². The Morgan fingerprint density at radius 1 is 1.47 bits per heavy atom. The summed E-state index contributed by atoms with van der Waals surface area (Å²) in [7, 11) is 4.32. The second-order valence-corrected chi connectivity index (χ2v) is 4.87. The Bertz CT molecular complexity index is 358. The highest BCUT2D eigenvalue weighted by atomic mass is 15.2. The molecule has 0 radical (unpaired) electrons. The maximum absolute atomic E-state index is 5.66. The van der Waals surface area contributed by atoms with E-state index in [0.717, 1.165) is 11.4 Å². The van der Waals surface area contributed by atoms with Crippen LogP contribution in [-0.4, -0.2) is 43.1 Å². The number of likely N-dealkylation sites (tertiary alicyclic amines) is 1. The van der Waals surface area contributed by atoms with Gasteiger partial charge in [0.15, 0.2) is 0 Å². The van der Waals surface area contributed by atoms with Gasteiger partial charge in [0.05, 0.1) is 0 Å². The van der Waals surface area contributed by atoms with Crippen molar-refractivity contribution in [2.75, 3.05) is 32.1 Å². The Balaban J connectivity index is 2.05. The van der Waals surface area contributed by atoms with Crippen molar-refractivity contribution in [1.29, 1.82) is 0 Å². The molecule has 1 aromatic rings. The van der Waals surface area contributed by atoms with Crippen molar-refractivity contribution < 1.29 is 0 Å². The molecule has 0 bridgehead atoms. The van der Waals surface area contributed by atoms with Crippen molar-refractivity contribution in [3.05, 3.63) is 23.9 Å². The van der Waals surface area contributed by atoms with Gasteiger partial charge in [0.1, 0.15) is 5.82 Å². The van der Waals surface area contributed by atoms with Gasteiger partial charge in [-0.05, 0) is 50.7 Å². The van der Waals surface area contributed by atoms with Crippen LogP contribution in [0.25, 0.3) is 0 Å². The van der Waals surface area contributed by atoms with Gasteiger partial charge in [-0.25, -0.2) is 4.98 Å². The first-order valence-electron chi connectivity index (χ1n) is 6.27. The number of nitrogens with two attached hydrogens (primary N) is 1. The molecule has 1 aliphatic rings. The molecule has 1 aromatic heterocycles. The summed E-state index contributed by atoms with van der Waals surface area (Å²) < 4.78 is 0. The first kappa shape index (κ1) is 12.3. The molecule has 2 N–H and O–H groups in total. The zero-order valence-electron chi connectivity index (χ0n) is 10.8. The number of nitrogens with zero attached hydrogens (tertiary/aromatic N) is 3. The van der Waals surface area contributed by atoms with Crippen LogP contribution >= 0.6 is 0 Å². The van der Waals surface area contributed by atoms with E-state index in [9.17, 15) is 0 Å². The predicted molar refractivity (Wildman–Crippen MR) is 71.1 cm³/mol. The van der Waals surface area contributed by atoms with Crippen LogP contribution in [0.3, 0.4) is 0 Å². The minimum atomic E-state index is 0.580. The Morgan fingerprint density at radius 2 is 2.18 bits per heavy atom. The van der Waals surface area contributed by atoms with Crippen LogP contribution in [0.4, 0.5) is 5.82 Å². The highest BCUT2D eigenvalue weighted by molar-refractivity contribution is 5.41. The molecule has 0 aliphatic carbocycles. The van der Waals surface area contributed by atoms with Crippen molar-refractivity contribution in [3.8, 4) is 0 Å². The zero-order valence-corrected chi connectivity index (χ0v) is 10.8. The van der Waals surface area contributed by atoms with E-state index in [1.807, 2.05) is 12.3 Å². The minimum Gasteiger partial charge on any atom is -0.357 e. The van der Waals surface area contributed by atoms with Gasteiger partial charge >= 0.3 is 0 Å². The third-order valence-electron chi connectivity index (χ3n) is 3.64. The molecule has 1 fully saturated rings. The van der Waals surface area contributed by atoms with Crippen molar-refractivity contribution in [2.24, 2.45) is 5.73 Å². The summed E-state index contributed by atoms with van der Waals surface area (Å²) >= 11 is 0. The third kappa shape index (κ3) is 2.96. The van der Waals surface area contributed by atoms with Crippen LogP contribution in [-0.2, 0) is 6.54 Å². The minimum absolute atomic E-state index is 0.580. The Kier molecular flexibility index (Phi) is 3.97. The number of anilines is 1. The SMILES string of the molecule is CN1CCC(N(C)c2cc(CN)ccn2)CC1. The molecule has 1 saturated heterocycles. The topological polar surface area (TPSA) is 45.4 Å². The molecule has 2 rings (SSSR count). The predicted octanol–water partition coefficient (Wildman–Crippen LogP) is 1.07. The summed E-state index contributed by atoms with van der Waals surface area (Å²) in [4.78, 5) is 9.12. The van der Waals surface area contributed by atoms with Gasteiger partial charge in [0.25, 0.3) is 0 Å². The lowest BCUT2D eigenvalue weighted by atomic mass is 10.0. The summed E-state index contributed by atoms with van der Waals surface area (Å²) in [6.45, 7) is 2.92. The van der Waals surface area contributed by atoms with Crippen molar-refractivity contribution in [1.82, 2.24) is 9.88 Å². The molecule has 94 valence electrons. The standard InChI is InChI=1S/C13H22N4/c1-16-7-4-12(5-8-16)17(2)13-9-11(10-14)3-6-15-13/h3,6,9,12H,4-5,7-8,10,14H2,1-2H3. The normalized spacial score (nSPS) is 18.3. The molecular weight excluding hydrogens is 212 g/mol. The third-order valence-corrected chi connectivity index (χ3v) is 3.64. The fraction of sp³-hybridized carbons (Fsp3) is 0.615. The molecule has 0 unspecified atom stereocenters. The number of rotatable bonds is 3. The van der Waals surface area contributed by atoms with E-state index >= 15 is 0 Å². The second kappa shape index (κ2) is 5.47. The van der Waals surface area contributed by atoms with Crippen LogP contribution < -0.4 is 10.6 Å². The average molecular weight is 234 g/mol. The van der Waals surface area contributed by atoms with E-state index in [0.29, 0.717) is 12.6 Å². The summed E-state index contributed by atoms with van der Waals surface area (Å²) in [5.74, 6) is 1.04. The van der Waals surface area contributed by atoms with Crippen LogP contribution in [0, 0.1) is 0 Å². The van der Waals surface area contributed by atoms with Crippen LogP contribution in [0.5, 0.6) is 0 Å². The molecule has 0 aromatic carbocycles. The molecule has 4 heteroatoms. The van der Waals surface area contributed by atoms with Crippen molar-refractivity contribution in [2.45, 2.75) is 25.4 Å². The number of aromatic nitrogens is 1. The van der Waals surface area contributed by atoms with E-state index in [2.05, 4.69) is 34.9 Å². The fourth-order valence-electron chi connectivity index (χ4n) is 2.35. The van der Waals surface area contributed by atoms with E-state index in [-0.39, 0.29) is 0 Å². The molecule has 0 atom stereocenters. The first-order valence-corrected chi connectivity index (χ1v) is 6.27. The number of piperidine rings is 1. The summed E-state index contributed by atoms with van der Waals surface area (Å²) in [5.41, 5.74) is 6.81. The molecule has 2 heterocycles. The maximum atomic E-state index is 5.66. The number of hydrogen-bond donors (Lipinski definition) is 1. The zero-order chi connectivity index (χ0) is 12.3. The summed E-state index contributed by atoms with van der Waals surface area (Å²) in [5, 5.41) is 0. The van der Waals surface area contributed by atoms with E-state index < -0.39 is 0 Å². The Morgan fingerprint density at radius 3 is 2.82 bits per heavy atom. The lowest BCUT2D eigenvalue weighted by Gasteiger charge is -2.35. The molecule has 0 saturated carbocycles. The van der Waals surface area contributed by atoms with E-state index in [1.54, 1.807) is 0 Å². The quantitative estimate of drug-likeness (QED) is 0.850. The van der Waals surface area contributed by atoms with Gasteiger partial charge in [-0.1, -0.05) is 0 Å². The van der Waals surface area contributed by atoms with Gasteiger partial charge in [-0.2, -0.15) is 0 Å². The van der Waals surface area contributed by atoms with Gasteiger partial charge in [-0.3, -0.25) is 0 Å². The maximum Gasteiger partial charge on any atom is 0.128 e. The molecular formula is C13H22N4. The lowest BCUT2D eigenvalue weighted by Crippen LogP contribution is -2.42. The average Bonchev–Trinajstić information content (AvgIpc) is 2.39. The molecule has 0 spiro atoms. The fourth-order valence-corrected chi connectivity index (χ4v) is 2.35. The molecule has 17 heavy (non-hydrogen) atoms. The Hall–Kier alpha value is -1.13. The van der Waals surface area contributed by atoms with Crippen molar-refractivity contribution >= 4 is 5.82 Å². The van der Waals surface area contributed by atoms with E-state index in [1.165, 1.54) is 25.9 Å². The molecule has 1 aliphatic heterocycles. The highest BCUT2D eigenvalue weighted by Crippen LogP contribution is 2.20. The molecule has 0 amide bonds. The van der Waals surface area contributed by atoms with Gasteiger partial charge in [0.2, 0.25) is 0 Å². The van der Waals surface area contributed by atoms with Gasteiger partial charge < -0.3 is 15.5 Å². The smallest absolute Gasteiger partial charge is 0.128 e. The second-order valence-electron chi connectivity index (χ2n) is 4.87. The molecule has 4 nitrogen and oxygen atoms in total. The van der Waals surface area contributed by atoms with Gasteiger partial charge in [0, 0.05) is 25.8 Å². The van der Waals surface area contributed by atoms with Crippen molar-refractivity contribution in [3.63, 3.8) is 0 Å². The Labute approximate surface area is 103 Å². The monoisotopic (exact) mass is 234 g/mol. The van der Waals surface area contributed by atoms with Gasteiger partial charge in [-0.15, -0.1) is 0 Å². The summed E-state index contributed by atoms with van der Waals surface area (Å²) in [6, 6.07) is 4.68. The largest absolute Gasteiger partial charge is 0.357 e. The lowest BCUT2D eigenvalue weighted by molar-refractivity contribution is 0.252. The van der Waals surface area contributed by atoms with E-state index in [4.69, 9.17) is 5.73 Å². The van der Waals surface area contributed by atoms with Crippen LogP contribution in [0.15, 0.2) is 18.3 Å². The summed E-state index contributed by atoms with van der Waals surface area (Å²) in [6.07, 6.45) is 4.27. The number of pyridine rings is 1.